The normalized spacial score (nSPS) is 19.2. The molecule has 0 N–H and O–H groups in total. The highest BCUT2D eigenvalue weighted by atomic mass is 79.9. The molecule has 1 aliphatic rings. The maximum Gasteiger partial charge on any atom is 0.267 e. The second kappa shape index (κ2) is 2.23. The summed E-state index contributed by atoms with van der Waals surface area (Å²) in [5.41, 5.74) is -0.0208. The Balaban J connectivity index is 3.11. The number of amides is 2. The molecule has 0 aromatic rings. The number of imide groups is 1. The van der Waals surface area contributed by atoms with Gasteiger partial charge in [-0.15, -0.1) is 0 Å². The average Bonchev–Trinajstić information content (AvgIpc) is 2.07. The molecule has 1 heterocycles. The van der Waals surface area contributed by atoms with Gasteiger partial charge in [0.15, 0.2) is 0 Å². The van der Waals surface area contributed by atoms with Crippen LogP contribution in [0, 0.1) is 0 Å². The lowest BCUT2D eigenvalue weighted by Crippen LogP contribution is -2.26. The molecular formula is C5H3BBrNO2. The zero-order valence-electron chi connectivity index (χ0n) is 5.22. The van der Waals surface area contributed by atoms with Crippen LogP contribution in [-0.2, 0) is 9.59 Å². The van der Waals surface area contributed by atoms with Crippen molar-refractivity contribution >= 4 is 35.6 Å². The predicted molar refractivity (Wildman–Crippen MR) is 39.5 cm³/mol. The number of hydrogen-bond donors (Lipinski definition) is 0. The Bertz CT molecular complexity index is 224. The second-order valence-electron chi connectivity index (χ2n) is 1.90. The Labute approximate surface area is 67.6 Å². The Morgan fingerprint density at radius 1 is 1.40 bits per heavy atom. The smallest absolute Gasteiger partial charge is 0.267 e. The highest BCUT2D eigenvalue weighted by molar-refractivity contribution is 9.12. The van der Waals surface area contributed by atoms with Gasteiger partial charge in [0.2, 0.25) is 5.91 Å². The Morgan fingerprint density at radius 3 is 2.00 bits per heavy atom. The van der Waals surface area contributed by atoms with Crippen LogP contribution in [0.15, 0.2) is 9.95 Å². The lowest BCUT2D eigenvalue weighted by atomic mass is 9.96. The molecule has 0 aliphatic carbocycles. The van der Waals surface area contributed by atoms with Gasteiger partial charge >= 0.3 is 0 Å². The van der Waals surface area contributed by atoms with E-state index in [0.29, 0.717) is 0 Å². The lowest BCUT2D eigenvalue weighted by Gasteiger charge is -2.04. The molecule has 0 spiro atoms. The van der Waals surface area contributed by atoms with Gasteiger partial charge in [0.1, 0.15) is 7.85 Å². The maximum atomic E-state index is 10.8. The summed E-state index contributed by atoms with van der Waals surface area (Å²) < 4.78 is 0.153. The van der Waals surface area contributed by atoms with Crippen LogP contribution in [0.4, 0.5) is 0 Å². The monoisotopic (exact) mass is 199 g/mol. The van der Waals surface area contributed by atoms with Crippen LogP contribution in [0.1, 0.15) is 0 Å². The van der Waals surface area contributed by atoms with Gasteiger partial charge in [-0.2, -0.15) is 0 Å². The van der Waals surface area contributed by atoms with Crippen molar-refractivity contribution in [1.82, 2.24) is 4.90 Å². The van der Waals surface area contributed by atoms with Gasteiger partial charge < -0.3 is 0 Å². The number of rotatable bonds is 0. The molecular weight excluding hydrogens is 197 g/mol. The van der Waals surface area contributed by atoms with E-state index in [1.165, 1.54) is 7.05 Å². The van der Waals surface area contributed by atoms with Crippen molar-refractivity contribution in [1.29, 1.82) is 0 Å². The number of likely N-dealkylation sites (N-methyl/N-ethyl adjacent to an activating group) is 1. The summed E-state index contributed by atoms with van der Waals surface area (Å²) in [6.45, 7) is 0. The third-order valence-corrected chi connectivity index (χ3v) is 2.03. The molecule has 0 saturated carbocycles. The van der Waals surface area contributed by atoms with Crippen molar-refractivity contribution in [3.05, 3.63) is 9.95 Å². The third-order valence-electron chi connectivity index (χ3n) is 1.26. The van der Waals surface area contributed by atoms with Crippen molar-refractivity contribution < 1.29 is 9.59 Å². The van der Waals surface area contributed by atoms with Crippen molar-refractivity contribution in [2.75, 3.05) is 7.05 Å². The van der Waals surface area contributed by atoms with Crippen LogP contribution in [0.5, 0.6) is 0 Å². The molecule has 0 unspecified atom stereocenters. The second-order valence-corrected chi connectivity index (χ2v) is 2.69. The van der Waals surface area contributed by atoms with E-state index in [1.807, 2.05) is 0 Å². The minimum atomic E-state index is -0.447. The van der Waals surface area contributed by atoms with E-state index in [2.05, 4.69) is 15.9 Å². The lowest BCUT2D eigenvalue weighted by molar-refractivity contribution is -0.135. The summed E-state index contributed by atoms with van der Waals surface area (Å²) in [7, 11) is 6.60. The first-order valence-electron chi connectivity index (χ1n) is 2.53. The molecule has 0 fully saturated rings. The molecule has 2 radical (unpaired) electrons. The van der Waals surface area contributed by atoms with Crippen LogP contribution < -0.4 is 0 Å². The van der Waals surface area contributed by atoms with Crippen molar-refractivity contribution in [2.45, 2.75) is 0 Å². The van der Waals surface area contributed by atoms with Gasteiger partial charge in [-0.3, -0.25) is 14.5 Å². The molecule has 0 bridgehead atoms. The number of carbonyl (C=O) groups excluding carboxylic acids is 2. The summed E-state index contributed by atoms with van der Waals surface area (Å²) in [6, 6.07) is 0. The number of hydrogen-bond acceptors (Lipinski definition) is 2. The van der Waals surface area contributed by atoms with Gasteiger partial charge in [0.25, 0.3) is 5.91 Å². The molecule has 0 aromatic carbocycles. The van der Waals surface area contributed by atoms with E-state index >= 15 is 0 Å². The van der Waals surface area contributed by atoms with Crippen LogP contribution in [-0.4, -0.2) is 31.6 Å². The summed E-state index contributed by atoms with van der Waals surface area (Å²) in [5, 5.41) is 0. The molecule has 10 heavy (non-hydrogen) atoms. The topological polar surface area (TPSA) is 37.4 Å². The molecule has 0 atom stereocenters. The van der Waals surface area contributed by atoms with E-state index in [9.17, 15) is 9.59 Å². The van der Waals surface area contributed by atoms with Crippen LogP contribution in [0.25, 0.3) is 0 Å². The van der Waals surface area contributed by atoms with Gasteiger partial charge in [-0.1, -0.05) is 0 Å². The first-order valence-corrected chi connectivity index (χ1v) is 3.32. The number of halogens is 1. The van der Waals surface area contributed by atoms with Crippen molar-refractivity contribution in [3.8, 4) is 0 Å². The Hall–Kier alpha value is -0.575. The minimum Gasteiger partial charge on any atom is -0.278 e. The molecule has 1 aliphatic heterocycles. The molecule has 5 heteroatoms. The van der Waals surface area contributed by atoms with E-state index in [4.69, 9.17) is 7.85 Å². The van der Waals surface area contributed by atoms with Gasteiger partial charge in [0, 0.05) is 7.05 Å². The highest BCUT2D eigenvalue weighted by Crippen LogP contribution is 2.21. The average molecular weight is 200 g/mol. The fraction of sp³-hybridized carbons (Fsp3) is 0.200. The van der Waals surface area contributed by atoms with Gasteiger partial charge in [0.05, 0.1) is 4.48 Å². The van der Waals surface area contributed by atoms with E-state index in [0.717, 1.165) is 4.90 Å². The molecule has 50 valence electrons. The maximum absolute atomic E-state index is 10.8. The predicted octanol–water partition coefficient (Wildman–Crippen LogP) is -0.240. The van der Waals surface area contributed by atoms with Gasteiger partial charge in [-0.25, -0.2) is 0 Å². The SMILES string of the molecule is [B]C1=C(Br)C(=O)N(C)C1=O. The molecule has 3 nitrogen and oxygen atoms in total. The Morgan fingerprint density at radius 2 is 1.90 bits per heavy atom. The first kappa shape index (κ1) is 7.53. The fourth-order valence-corrected chi connectivity index (χ4v) is 1.06. The standard InChI is InChI=1S/C5H3BBrNO2/c1-8-4(9)2(6)3(7)5(8)10/h1H3. The zero-order valence-corrected chi connectivity index (χ0v) is 6.81. The summed E-state index contributed by atoms with van der Waals surface area (Å²) in [5.74, 6) is -0.834. The van der Waals surface area contributed by atoms with Crippen molar-refractivity contribution in [2.24, 2.45) is 0 Å². The highest BCUT2D eigenvalue weighted by Gasteiger charge is 2.30. The van der Waals surface area contributed by atoms with Crippen LogP contribution in [0.2, 0.25) is 0 Å². The van der Waals surface area contributed by atoms with E-state index in [1.54, 1.807) is 0 Å². The first-order chi connectivity index (χ1) is 4.55. The van der Waals surface area contributed by atoms with Crippen LogP contribution >= 0.6 is 15.9 Å². The molecule has 0 saturated heterocycles. The van der Waals surface area contributed by atoms with Crippen LogP contribution in [0.3, 0.4) is 0 Å². The molecule has 0 aromatic heterocycles. The Kier molecular flexibility index (Phi) is 1.68. The quantitative estimate of drug-likeness (QED) is 0.399. The summed E-state index contributed by atoms with van der Waals surface area (Å²) in [6.07, 6.45) is 0. The molecule has 1 rings (SSSR count). The van der Waals surface area contributed by atoms with E-state index < -0.39 is 5.91 Å². The fourth-order valence-electron chi connectivity index (χ4n) is 0.629. The molecule has 2 amide bonds. The number of nitrogens with zero attached hydrogens (tertiary/aromatic N) is 1. The zero-order chi connectivity index (χ0) is 7.89. The number of carbonyl (C=O) groups is 2. The minimum absolute atomic E-state index is 0.0208. The largest absolute Gasteiger partial charge is 0.278 e. The van der Waals surface area contributed by atoms with Crippen molar-refractivity contribution in [3.63, 3.8) is 0 Å². The summed E-state index contributed by atoms with van der Waals surface area (Å²) in [4.78, 5) is 22.6. The van der Waals surface area contributed by atoms with Gasteiger partial charge in [-0.05, 0) is 21.4 Å². The van der Waals surface area contributed by atoms with E-state index in [-0.39, 0.29) is 15.9 Å². The summed E-state index contributed by atoms with van der Waals surface area (Å²) >= 11 is 2.89. The third kappa shape index (κ3) is 0.812.